The number of aliphatic carboxylic acids is 1. The molecule has 2 atom stereocenters. The van der Waals surface area contributed by atoms with Crippen LogP contribution in [0.3, 0.4) is 0 Å². The van der Waals surface area contributed by atoms with E-state index in [4.69, 9.17) is 9.84 Å². The smallest absolute Gasteiger partial charge is 0.306 e. The predicted octanol–water partition coefficient (Wildman–Crippen LogP) is 6.53. The summed E-state index contributed by atoms with van der Waals surface area (Å²) in [7, 11) is 0. The van der Waals surface area contributed by atoms with E-state index in [2.05, 4.69) is 38.3 Å². The van der Waals surface area contributed by atoms with Crippen LogP contribution in [0.4, 0.5) is 0 Å². The molecule has 0 aliphatic heterocycles. The van der Waals surface area contributed by atoms with Crippen molar-refractivity contribution < 1.29 is 34.1 Å². The molecule has 0 saturated heterocycles. The van der Waals surface area contributed by atoms with Gasteiger partial charge in [0.1, 0.15) is 6.10 Å². The van der Waals surface area contributed by atoms with Crippen molar-refractivity contribution >= 4 is 23.8 Å². The number of esters is 1. The number of carbonyl (C=O) groups excluding carboxylic acids is 4. The molecule has 1 unspecified atom stereocenters. The van der Waals surface area contributed by atoms with E-state index in [1.54, 1.807) is 0 Å². The first kappa shape index (κ1) is 43.8. The number of carboxylic acids is 1. The average Bonchev–Trinajstić information content (AvgIpc) is 2.99. The third kappa shape index (κ3) is 29.3. The monoisotopic (exact) mass is 654 g/mol. The van der Waals surface area contributed by atoms with E-state index in [0.717, 1.165) is 50.4 Å². The molecule has 0 bridgehead atoms. The van der Waals surface area contributed by atoms with E-state index in [1.165, 1.54) is 89.9 Å². The highest BCUT2D eigenvalue weighted by molar-refractivity contribution is 5.87. The lowest BCUT2D eigenvalue weighted by molar-refractivity contribution is -0.309. The minimum absolute atomic E-state index is 0.0590. The van der Waals surface area contributed by atoms with Crippen molar-refractivity contribution in [3.63, 3.8) is 0 Å². The Kier molecular flexibility index (Phi) is 28.8. The van der Waals surface area contributed by atoms with Crippen LogP contribution < -0.4 is 15.7 Å². The number of aliphatic hydroxyl groups excluding tert-OH is 1. The average molecular weight is 654 g/mol. The van der Waals surface area contributed by atoms with Crippen LogP contribution in [0.25, 0.3) is 0 Å². The van der Waals surface area contributed by atoms with Crippen LogP contribution in [0.15, 0.2) is 0 Å². The summed E-state index contributed by atoms with van der Waals surface area (Å²) in [6.07, 6.45) is 24.0. The van der Waals surface area contributed by atoms with Crippen molar-refractivity contribution in [1.29, 1.82) is 0 Å². The highest BCUT2D eigenvalue weighted by Gasteiger charge is 2.19. The molecular formula is C37H69N2O7-. The van der Waals surface area contributed by atoms with E-state index >= 15 is 0 Å². The SMILES string of the molecule is CC(C)CCCCCCCCCCCC(=O)O[C@H](CCCCCCCCCCCC(C)C)CC(=O)NCC(=O)NC(CO)C(=O)[O-]. The molecule has 2 amide bonds. The lowest BCUT2D eigenvalue weighted by atomic mass is 10.0. The standard InChI is InChI=1S/C37H70N2O7/c1-30(2)23-19-15-11-7-5-9-13-17-21-25-32(27-34(41)38-28-35(42)39-33(29-40)37(44)45)46-36(43)26-22-18-14-10-6-8-12-16-20-24-31(3)4/h30-33,40H,5-29H2,1-4H3,(H,38,41)(H,39,42)(H,44,45)/p-1/t32-,33?/m1/s1. The van der Waals surface area contributed by atoms with Crippen molar-refractivity contribution in [2.45, 2.75) is 188 Å². The van der Waals surface area contributed by atoms with Gasteiger partial charge in [0, 0.05) is 6.42 Å². The van der Waals surface area contributed by atoms with E-state index in [0.29, 0.717) is 12.8 Å². The van der Waals surface area contributed by atoms with E-state index < -0.39 is 43.1 Å². The predicted molar refractivity (Wildman–Crippen MR) is 183 cm³/mol. The molecule has 0 heterocycles. The van der Waals surface area contributed by atoms with Crippen molar-refractivity contribution in [3.05, 3.63) is 0 Å². The summed E-state index contributed by atoms with van der Waals surface area (Å²) in [4.78, 5) is 48.0. The molecule has 0 radical (unpaired) electrons. The number of aliphatic hydroxyl groups is 1. The molecule has 3 N–H and O–H groups in total. The fourth-order valence-corrected chi connectivity index (χ4v) is 5.55. The van der Waals surface area contributed by atoms with Gasteiger partial charge in [-0.05, 0) is 31.1 Å². The van der Waals surface area contributed by atoms with Crippen molar-refractivity contribution in [3.8, 4) is 0 Å². The molecule has 9 nitrogen and oxygen atoms in total. The Balaban J connectivity index is 4.43. The molecule has 0 fully saturated rings. The molecule has 0 saturated carbocycles. The second-order valence-electron chi connectivity index (χ2n) is 14.0. The van der Waals surface area contributed by atoms with Gasteiger partial charge in [0.05, 0.1) is 31.6 Å². The van der Waals surface area contributed by atoms with Gasteiger partial charge >= 0.3 is 5.97 Å². The molecule has 0 aromatic carbocycles. The van der Waals surface area contributed by atoms with Gasteiger partial charge in [-0.2, -0.15) is 0 Å². The van der Waals surface area contributed by atoms with Crippen LogP contribution in [-0.4, -0.2) is 54.2 Å². The molecule has 0 spiro atoms. The van der Waals surface area contributed by atoms with Gasteiger partial charge in [0.15, 0.2) is 0 Å². The van der Waals surface area contributed by atoms with Gasteiger partial charge in [-0.15, -0.1) is 0 Å². The Bertz CT molecular complexity index is 788. The zero-order valence-corrected chi connectivity index (χ0v) is 29.9. The lowest BCUT2D eigenvalue weighted by Crippen LogP contribution is -2.52. The molecule has 0 aliphatic rings. The molecule has 270 valence electrons. The lowest BCUT2D eigenvalue weighted by Gasteiger charge is -2.19. The maximum atomic E-state index is 12.6. The Morgan fingerprint density at radius 2 is 1.02 bits per heavy atom. The highest BCUT2D eigenvalue weighted by Crippen LogP contribution is 2.17. The van der Waals surface area contributed by atoms with Crippen LogP contribution >= 0.6 is 0 Å². The summed E-state index contributed by atoms with van der Waals surface area (Å²) >= 11 is 0. The second-order valence-corrected chi connectivity index (χ2v) is 14.0. The van der Waals surface area contributed by atoms with Crippen LogP contribution in [-0.2, 0) is 23.9 Å². The largest absolute Gasteiger partial charge is 0.548 e. The van der Waals surface area contributed by atoms with Gasteiger partial charge in [-0.3, -0.25) is 14.4 Å². The van der Waals surface area contributed by atoms with Crippen molar-refractivity contribution in [2.24, 2.45) is 11.8 Å². The number of hydrogen-bond donors (Lipinski definition) is 3. The molecule has 9 heteroatoms. The van der Waals surface area contributed by atoms with E-state index in [1.807, 2.05) is 0 Å². The summed E-state index contributed by atoms with van der Waals surface area (Å²) in [5, 5.41) is 24.5. The van der Waals surface area contributed by atoms with Gasteiger partial charge in [-0.1, -0.05) is 143 Å². The number of carboxylic acid groups (broad SMARTS) is 1. The van der Waals surface area contributed by atoms with Crippen molar-refractivity contribution in [2.75, 3.05) is 13.2 Å². The van der Waals surface area contributed by atoms with Crippen LogP contribution in [0, 0.1) is 11.8 Å². The molecular weight excluding hydrogens is 584 g/mol. The van der Waals surface area contributed by atoms with Gasteiger partial charge in [0.25, 0.3) is 0 Å². The number of ether oxygens (including phenoxy) is 1. The first-order valence-corrected chi connectivity index (χ1v) is 18.6. The van der Waals surface area contributed by atoms with Crippen molar-refractivity contribution in [1.82, 2.24) is 10.6 Å². The fraction of sp³-hybridized carbons (Fsp3) is 0.892. The number of rotatable bonds is 32. The summed E-state index contributed by atoms with van der Waals surface area (Å²) in [5.74, 6) is -1.54. The number of carbonyl (C=O) groups is 4. The first-order chi connectivity index (χ1) is 22.0. The first-order valence-electron chi connectivity index (χ1n) is 18.6. The second kappa shape index (κ2) is 30.2. The third-order valence-corrected chi connectivity index (χ3v) is 8.43. The molecule has 46 heavy (non-hydrogen) atoms. The van der Waals surface area contributed by atoms with E-state index in [9.17, 15) is 24.3 Å². The minimum atomic E-state index is -1.61. The normalized spacial score (nSPS) is 12.7. The summed E-state index contributed by atoms with van der Waals surface area (Å²) < 4.78 is 5.72. The quantitative estimate of drug-likeness (QED) is 0.0553. The van der Waals surface area contributed by atoms with Gasteiger partial charge in [-0.25, -0.2) is 0 Å². The summed E-state index contributed by atoms with van der Waals surface area (Å²) in [6, 6.07) is -1.54. The summed E-state index contributed by atoms with van der Waals surface area (Å²) in [6.45, 7) is 7.84. The number of unbranched alkanes of at least 4 members (excludes halogenated alkanes) is 16. The summed E-state index contributed by atoms with van der Waals surface area (Å²) in [5.41, 5.74) is 0. The number of amides is 2. The van der Waals surface area contributed by atoms with Crippen LogP contribution in [0.5, 0.6) is 0 Å². The zero-order chi connectivity index (χ0) is 34.4. The fourth-order valence-electron chi connectivity index (χ4n) is 5.55. The maximum absolute atomic E-state index is 12.6. The zero-order valence-electron chi connectivity index (χ0n) is 29.9. The Morgan fingerprint density at radius 1 is 0.609 bits per heavy atom. The Morgan fingerprint density at radius 3 is 1.43 bits per heavy atom. The number of nitrogens with one attached hydrogen (secondary N) is 2. The van der Waals surface area contributed by atoms with Gasteiger partial charge < -0.3 is 30.4 Å². The molecule has 0 aliphatic carbocycles. The Hall–Kier alpha value is -2.16. The van der Waals surface area contributed by atoms with Gasteiger partial charge in [0.2, 0.25) is 11.8 Å². The minimum Gasteiger partial charge on any atom is -0.548 e. The van der Waals surface area contributed by atoms with Crippen LogP contribution in [0.1, 0.15) is 175 Å². The van der Waals surface area contributed by atoms with E-state index in [-0.39, 0.29) is 12.4 Å². The highest BCUT2D eigenvalue weighted by atomic mass is 16.5. The Labute approximate surface area is 280 Å². The topological polar surface area (TPSA) is 145 Å². The van der Waals surface area contributed by atoms with Crippen LogP contribution in [0.2, 0.25) is 0 Å². The molecule has 0 aromatic rings. The molecule has 0 rings (SSSR count). The molecule has 0 aromatic heterocycles. The number of hydrogen-bond acceptors (Lipinski definition) is 7. The maximum Gasteiger partial charge on any atom is 0.306 e. The third-order valence-electron chi connectivity index (χ3n) is 8.43.